The van der Waals surface area contributed by atoms with Crippen LogP contribution in [0.1, 0.15) is 0 Å². The van der Waals surface area contributed by atoms with Gasteiger partial charge in [-0.2, -0.15) is 0 Å². The molecule has 10 aromatic rings. The molecule has 0 saturated heterocycles. The molecule has 2 heteroatoms. The van der Waals surface area contributed by atoms with Gasteiger partial charge in [0.05, 0.1) is 0 Å². The molecule has 0 radical (unpaired) electrons. The van der Waals surface area contributed by atoms with Gasteiger partial charge < -0.3 is 9.32 Å². The summed E-state index contributed by atoms with van der Waals surface area (Å²) in [5, 5.41) is 4.75. The monoisotopic (exact) mass is 689 g/mol. The van der Waals surface area contributed by atoms with E-state index in [9.17, 15) is 0 Å². The van der Waals surface area contributed by atoms with E-state index >= 15 is 0 Å². The molecule has 54 heavy (non-hydrogen) atoms. The molecular weight excluding hydrogens is 655 g/mol. The zero-order valence-corrected chi connectivity index (χ0v) is 29.6. The predicted octanol–water partition coefficient (Wildman–Crippen LogP) is 14.9. The van der Waals surface area contributed by atoms with Crippen LogP contribution in [-0.2, 0) is 0 Å². The van der Waals surface area contributed by atoms with Crippen LogP contribution in [0.5, 0.6) is 0 Å². The van der Waals surface area contributed by atoms with Crippen LogP contribution in [0.25, 0.3) is 77.2 Å². The number of anilines is 3. The first-order chi connectivity index (χ1) is 26.8. The maximum atomic E-state index is 6.88. The first kappa shape index (κ1) is 31.6. The molecule has 0 amide bonds. The smallest absolute Gasteiger partial charge is 0.143 e. The SMILES string of the molecule is c1ccc(N(c2ccccc2)c2cccc(-c3cccc(-c4cccc5c4oc4c(-c6ccc(-c7cccc8ccccc78)cc6)cccc45)c3)c2)cc1. The minimum Gasteiger partial charge on any atom is -0.455 e. The lowest BCUT2D eigenvalue weighted by molar-refractivity contribution is 0.671. The average molecular weight is 690 g/mol. The highest BCUT2D eigenvalue weighted by atomic mass is 16.3. The van der Waals surface area contributed by atoms with E-state index in [2.05, 4.69) is 217 Å². The van der Waals surface area contributed by atoms with Gasteiger partial charge in [-0.05, 0) is 86.6 Å². The van der Waals surface area contributed by atoms with E-state index < -0.39 is 0 Å². The van der Waals surface area contributed by atoms with Crippen molar-refractivity contribution in [1.82, 2.24) is 0 Å². The third-order valence-electron chi connectivity index (χ3n) is 10.5. The minimum absolute atomic E-state index is 0.901. The Bertz CT molecular complexity index is 2880. The summed E-state index contributed by atoms with van der Waals surface area (Å²) in [5.41, 5.74) is 14.3. The predicted molar refractivity (Wildman–Crippen MR) is 228 cm³/mol. The van der Waals surface area contributed by atoms with Crippen molar-refractivity contribution in [2.45, 2.75) is 0 Å². The van der Waals surface area contributed by atoms with Crippen molar-refractivity contribution < 1.29 is 4.42 Å². The van der Waals surface area contributed by atoms with Crippen molar-refractivity contribution in [2.24, 2.45) is 0 Å². The van der Waals surface area contributed by atoms with E-state index in [0.717, 1.165) is 72.4 Å². The maximum Gasteiger partial charge on any atom is 0.143 e. The van der Waals surface area contributed by atoms with Crippen LogP contribution < -0.4 is 4.90 Å². The lowest BCUT2D eigenvalue weighted by Crippen LogP contribution is -2.09. The Morgan fingerprint density at radius 3 is 1.41 bits per heavy atom. The van der Waals surface area contributed by atoms with E-state index in [4.69, 9.17) is 4.42 Å². The van der Waals surface area contributed by atoms with E-state index in [-0.39, 0.29) is 0 Å². The topological polar surface area (TPSA) is 16.4 Å². The van der Waals surface area contributed by atoms with E-state index in [0.29, 0.717) is 0 Å². The molecule has 1 heterocycles. The number of nitrogens with zero attached hydrogens (tertiary/aromatic N) is 1. The Hall–Kier alpha value is -7.16. The minimum atomic E-state index is 0.901. The molecule has 2 nitrogen and oxygen atoms in total. The molecule has 1 aromatic heterocycles. The standard InChI is InChI=1S/C52H35NO/c1-3-19-42(20-4-1)53(43-21-5-2-6-22-43)44-23-10-17-40(35-44)39-16-9-18-41(34-39)48-27-13-29-50-49-28-12-26-47(51(49)54-52(48)50)38-32-30-37(31-33-38)46-25-11-15-36-14-7-8-24-45(36)46/h1-35H. The third-order valence-corrected chi connectivity index (χ3v) is 10.5. The zero-order valence-electron chi connectivity index (χ0n) is 29.6. The third kappa shape index (κ3) is 5.62. The van der Waals surface area contributed by atoms with Crippen molar-refractivity contribution in [3.8, 4) is 44.5 Å². The highest BCUT2D eigenvalue weighted by molar-refractivity contribution is 6.13. The average Bonchev–Trinajstić information content (AvgIpc) is 3.64. The first-order valence-corrected chi connectivity index (χ1v) is 18.4. The maximum absolute atomic E-state index is 6.88. The second-order valence-electron chi connectivity index (χ2n) is 13.7. The molecule has 0 aliphatic carbocycles. The van der Waals surface area contributed by atoms with Crippen molar-refractivity contribution in [1.29, 1.82) is 0 Å². The number of rotatable bonds is 7. The molecule has 0 N–H and O–H groups in total. The molecule has 0 aliphatic rings. The van der Waals surface area contributed by atoms with E-state index in [1.807, 2.05) is 0 Å². The number of fused-ring (bicyclic) bond motifs is 4. The van der Waals surface area contributed by atoms with Gasteiger partial charge in [-0.25, -0.2) is 0 Å². The second kappa shape index (κ2) is 13.4. The fourth-order valence-corrected chi connectivity index (χ4v) is 7.87. The highest BCUT2D eigenvalue weighted by Crippen LogP contribution is 2.42. The van der Waals surface area contributed by atoms with Crippen LogP contribution in [0.15, 0.2) is 217 Å². The van der Waals surface area contributed by atoms with Gasteiger partial charge in [0.1, 0.15) is 11.2 Å². The van der Waals surface area contributed by atoms with Crippen molar-refractivity contribution in [3.05, 3.63) is 212 Å². The first-order valence-electron chi connectivity index (χ1n) is 18.4. The fraction of sp³-hybridized carbons (Fsp3) is 0. The molecule has 0 spiro atoms. The summed E-state index contributed by atoms with van der Waals surface area (Å²) >= 11 is 0. The van der Waals surface area contributed by atoms with Crippen LogP contribution in [0.3, 0.4) is 0 Å². The second-order valence-corrected chi connectivity index (χ2v) is 13.7. The Morgan fingerprint density at radius 1 is 0.278 bits per heavy atom. The molecule has 0 saturated carbocycles. The van der Waals surface area contributed by atoms with Gasteiger partial charge >= 0.3 is 0 Å². The number of benzene rings is 9. The van der Waals surface area contributed by atoms with Gasteiger partial charge in [-0.1, -0.05) is 170 Å². The van der Waals surface area contributed by atoms with E-state index in [1.165, 1.54) is 21.9 Å². The van der Waals surface area contributed by atoms with Crippen molar-refractivity contribution in [2.75, 3.05) is 4.90 Å². The van der Waals surface area contributed by atoms with Gasteiger partial charge in [-0.3, -0.25) is 0 Å². The molecule has 0 fully saturated rings. The Morgan fingerprint density at radius 2 is 0.722 bits per heavy atom. The molecule has 10 rings (SSSR count). The zero-order chi connectivity index (χ0) is 35.8. The molecular formula is C52H35NO. The largest absolute Gasteiger partial charge is 0.455 e. The van der Waals surface area contributed by atoms with Crippen molar-refractivity contribution in [3.63, 3.8) is 0 Å². The molecule has 254 valence electrons. The van der Waals surface area contributed by atoms with Crippen LogP contribution in [0, 0.1) is 0 Å². The van der Waals surface area contributed by atoms with Gasteiger partial charge in [-0.15, -0.1) is 0 Å². The Balaban J connectivity index is 1.03. The summed E-state index contributed by atoms with van der Waals surface area (Å²) < 4.78 is 6.88. The Labute approximate surface area is 314 Å². The van der Waals surface area contributed by atoms with Gasteiger partial charge in [0.2, 0.25) is 0 Å². The number of para-hydroxylation sites is 4. The highest BCUT2D eigenvalue weighted by Gasteiger charge is 2.17. The fourth-order valence-electron chi connectivity index (χ4n) is 7.87. The van der Waals surface area contributed by atoms with Crippen molar-refractivity contribution >= 4 is 49.8 Å². The van der Waals surface area contributed by atoms with Gasteiger partial charge in [0, 0.05) is 39.0 Å². The number of hydrogen-bond donors (Lipinski definition) is 0. The van der Waals surface area contributed by atoms with Crippen LogP contribution in [-0.4, -0.2) is 0 Å². The molecule has 9 aromatic carbocycles. The molecule has 0 unspecified atom stereocenters. The summed E-state index contributed by atoms with van der Waals surface area (Å²) in [7, 11) is 0. The summed E-state index contributed by atoms with van der Waals surface area (Å²) in [4.78, 5) is 2.30. The van der Waals surface area contributed by atoms with E-state index in [1.54, 1.807) is 0 Å². The quantitative estimate of drug-likeness (QED) is 0.166. The van der Waals surface area contributed by atoms with Gasteiger partial charge in [0.15, 0.2) is 0 Å². The Kier molecular flexibility index (Phi) is 7.85. The lowest BCUT2D eigenvalue weighted by atomic mass is 9.95. The normalized spacial score (nSPS) is 11.3. The summed E-state index contributed by atoms with van der Waals surface area (Å²) in [5.74, 6) is 0. The van der Waals surface area contributed by atoms with Crippen LogP contribution in [0.2, 0.25) is 0 Å². The van der Waals surface area contributed by atoms with Crippen LogP contribution >= 0.6 is 0 Å². The van der Waals surface area contributed by atoms with Crippen LogP contribution in [0.4, 0.5) is 17.1 Å². The molecule has 0 aliphatic heterocycles. The summed E-state index contributed by atoms with van der Waals surface area (Å²) in [6.45, 7) is 0. The number of hydrogen-bond acceptors (Lipinski definition) is 2. The summed E-state index contributed by atoms with van der Waals surface area (Å²) in [6.07, 6.45) is 0. The van der Waals surface area contributed by atoms with Gasteiger partial charge in [0.25, 0.3) is 0 Å². The number of furan rings is 1. The lowest BCUT2D eigenvalue weighted by Gasteiger charge is -2.26. The summed E-state index contributed by atoms with van der Waals surface area (Å²) in [6, 6.07) is 75.6. The molecule has 0 bridgehead atoms. The molecule has 0 atom stereocenters.